The highest BCUT2D eigenvalue weighted by Gasteiger charge is 2.17. The van der Waals surface area contributed by atoms with Gasteiger partial charge >= 0.3 is 0 Å². The van der Waals surface area contributed by atoms with E-state index in [0.717, 1.165) is 0 Å². The number of hydrogen-bond acceptors (Lipinski definition) is 1. The average molecular weight is 346 g/mol. The van der Waals surface area contributed by atoms with Gasteiger partial charge in [-0.3, -0.25) is 0 Å². The second-order valence-corrected chi connectivity index (χ2v) is 7.85. The lowest BCUT2D eigenvalue weighted by molar-refractivity contribution is 0.334. The lowest BCUT2D eigenvalue weighted by atomic mass is 9.86. The maximum absolute atomic E-state index is 6.63. The first-order valence-corrected chi connectivity index (χ1v) is 11.1. The molecule has 0 saturated heterocycles. The van der Waals surface area contributed by atoms with Crippen LogP contribution in [0.3, 0.4) is 0 Å². The summed E-state index contributed by atoms with van der Waals surface area (Å²) >= 11 is 0. The van der Waals surface area contributed by atoms with E-state index in [1.54, 1.807) is 0 Å². The Labute approximate surface area is 157 Å². The quantitative estimate of drug-likeness (QED) is 0.313. The third kappa shape index (κ3) is 11.4. The van der Waals surface area contributed by atoms with Crippen molar-refractivity contribution in [3.63, 3.8) is 0 Å². The van der Waals surface area contributed by atoms with Crippen molar-refractivity contribution in [2.45, 2.75) is 110 Å². The van der Waals surface area contributed by atoms with Gasteiger partial charge in [0, 0.05) is 6.04 Å². The van der Waals surface area contributed by atoms with Crippen LogP contribution in [0.1, 0.15) is 103 Å². The summed E-state index contributed by atoms with van der Waals surface area (Å²) in [6.45, 7) is 4.57. The molecule has 0 fully saturated rings. The molecule has 2 atom stereocenters. The van der Waals surface area contributed by atoms with Gasteiger partial charge in [-0.25, -0.2) is 0 Å². The van der Waals surface area contributed by atoms with E-state index in [0.29, 0.717) is 12.0 Å². The summed E-state index contributed by atoms with van der Waals surface area (Å²) in [6, 6.07) is 11.3. The maximum atomic E-state index is 6.63. The topological polar surface area (TPSA) is 26.0 Å². The van der Waals surface area contributed by atoms with Gasteiger partial charge in [0.2, 0.25) is 0 Å². The Hall–Kier alpha value is -0.820. The first kappa shape index (κ1) is 22.2. The largest absolute Gasteiger partial charge is 0.327 e. The van der Waals surface area contributed by atoms with E-state index in [2.05, 4.69) is 44.2 Å². The van der Waals surface area contributed by atoms with Gasteiger partial charge in [0.1, 0.15) is 0 Å². The smallest absolute Gasteiger partial charge is 0.00672 e. The predicted molar refractivity (Wildman–Crippen MR) is 113 cm³/mol. The molecule has 0 aliphatic carbocycles. The van der Waals surface area contributed by atoms with Crippen LogP contribution in [0.5, 0.6) is 0 Å². The van der Waals surface area contributed by atoms with E-state index in [9.17, 15) is 0 Å². The fourth-order valence-electron chi connectivity index (χ4n) is 3.80. The van der Waals surface area contributed by atoms with Crippen LogP contribution in [-0.2, 0) is 6.42 Å². The van der Waals surface area contributed by atoms with E-state index in [4.69, 9.17) is 5.73 Å². The summed E-state index contributed by atoms with van der Waals surface area (Å²) in [5.74, 6) is 0.701. The Morgan fingerprint density at radius 1 is 0.680 bits per heavy atom. The Morgan fingerprint density at radius 3 is 1.92 bits per heavy atom. The SMILES string of the molecule is CCCCCCCCCC(N)C(CCCCC)CCc1ccccc1. The number of unbranched alkanes of at least 4 members (excludes halogenated alkanes) is 8. The zero-order chi connectivity index (χ0) is 18.2. The second kappa shape index (κ2) is 15.4. The molecular weight excluding hydrogens is 302 g/mol. The molecule has 0 radical (unpaired) electrons. The lowest BCUT2D eigenvalue weighted by Gasteiger charge is -2.24. The van der Waals surface area contributed by atoms with Crippen molar-refractivity contribution < 1.29 is 0 Å². The van der Waals surface area contributed by atoms with Crippen LogP contribution in [0.15, 0.2) is 30.3 Å². The molecule has 1 rings (SSSR count). The average Bonchev–Trinajstić information content (AvgIpc) is 2.64. The highest BCUT2D eigenvalue weighted by molar-refractivity contribution is 5.14. The first-order chi connectivity index (χ1) is 12.3. The number of aryl methyl sites for hydroxylation is 1. The van der Waals surface area contributed by atoms with Gasteiger partial charge in [0.15, 0.2) is 0 Å². The molecule has 1 heteroatoms. The Morgan fingerprint density at radius 2 is 1.24 bits per heavy atom. The number of nitrogens with two attached hydrogens (primary N) is 1. The van der Waals surface area contributed by atoms with Crippen LogP contribution in [0.4, 0.5) is 0 Å². The summed E-state index contributed by atoms with van der Waals surface area (Å²) in [6.07, 6.45) is 18.6. The maximum Gasteiger partial charge on any atom is 0.00672 e. The zero-order valence-corrected chi connectivity index (χ0v) is 17.0. The molecule has 144 valence electrons. The van der Waals surface area contributed by atoms with Crippen molar-refractivity contribution in [1.29, 1.82) is 0 Å². The summed E-state index contributed by atoms with van der Waals surface area (Å²) in [5.41, 5.74) is 8.09. The van der Waals surface area contributed by atoms with E-state index in [1.165, 1.54) is 95.5 Å². The molecule has 1 nitrogen and oxygen atoms in total. The third-order valence-electron chi connectivity index (χ3n) is 5.57. The molecule has 0 aromatic heterocycles. The van der Waals surface area contributed by atoms with Gasteiger partial charge in [0.25, 0.3) is 0 Å². The molecule has 25 heavy (non-hydrogen) atoms. The normalized spacial score (nSPS) is 13.7. The minimum atomic E-state index is 0.399. The summed E-state index contributed by atoms with van der Waals surface area (Å²) in [5, 5.41) is 0. The molecule has 0 spiro atoms. The van der Waals surface area contributed by atoms with Crippen molar-refractivity contribution in [1.82, 2.24) is 0 Å². The van der Waals surface area contributed by atoms with Gasteiger partial charge in [-0.1, -0.05) is 108 Å². The van der Waals surface area contributed by atoms with Crippen LogP contribution < -0.4 is 5.73 Å². The number of rotatable bonds is 16. The van der Waals surface area contributed by atoms with Crippen LogP contribution >= 0.6 is 0 Å². The van der Waals surface area contributed by atoms with Crippen molar-refractivity contribution in [2.75, 3.05) is 0 Å². The molecule has 0 aliphatic heterocycles. The number of hydrogen-bond donors (Lipinski definition) is 1. The summed E-state index contributed by atoms with van der Waals surface area (Å²) < 4.78 is 0. The molecule has 2 unspecified atom stereocenters. The zero-order valence-electron chi connectivity index (χ0n) is 17.0. The van der Waals surface area contributed by atoms with Gasteiger partial charge in [-0.2, -0.15) is 0 Å². The lowest BCUT2D eigenvalue weighted by Crippen LogP contribution is -2.30. The molecule has 0 aliphatic rings. The third-order valence-corrected chi connectivity index (χ3v) is 5.57. The van der Waals surface area contributed by atoms with Crippen LogP contribution in [0, 0.1) is 5.92 Å². The molecule has 1 aromatic carbocycles. The Bertz CT molecular complexity index is 386. The van der Waals surface area contributed by atoms with Crippen molar-refractivity contribution >= 4 is 0 Å². The van der Waals surface area contributed by atoms with Crippen LogP contribution in [0.25, 0.3) is 0 Å². The molecule has 0 amide bonds. The first-order valence-electron chi connectivity index (χ1n) is 11.1. The van der Waals surface area contributed by atoms with Gasteiger partial charge in [-0.15, -0.1) is 0 Å². The van der Waals surface area contributed by atoms with Gasteiger partial charge in [0.05, 0.1) is 0 Å². The van der Waals surface area contributed by atoms with Crippen molar-refractivity contribution in [3.8, 4) is 0 Å². The van der Waals surface area contributed by atoms with E-state index in [1.807, 2.05) is 0 Å². The molecule has 2 N–H and O–H groups in total. The standard InChI is InChI=1S/C24H43N/c1-3-5-7-8-9-10-15-19-24(25)23(18-12-6-4-2)21-20-22-16-13-11-14-17-22/h11,13-14,16-17,23-24H,3-10,12,15,18-21,25H2,1-2H3. The fraction of sp³-hybridized carbons (Fsp3) is 0.750. The van der Waals surface area contributed by atoms with Crippen molar-refractivity contribution in [3.05, 3.63) is 35.9 Å². The summed E-state index contributed by atoms with van der Waals surface area (Å²) in [7, 11) is 0. The highest BCUT2D eigenvalue weighted by atomic mass is 14.6. The molecule has 0 saturated carbocycles. The summed E-state index contributed by atoms with van der Waals surface area (Å²) in [4.78, 5) is 0. The van der Waals surface area contributed by atoms with Gasteiger partial charge in [-0.05, 0) is 37.2 Å². The second-order valence-electron chi connectivity index (χ2n) is 7.85. The van der Waals surface area contributed by atoms with Crippen LogP contribution in [-0.4, -0.2) is 6.04 Å². The number of benzene rings is 1. The molecule has 0 bridgehead atoms. The molecule has 1 aromatic rings. The Balaban J connectivity index is 2.29. The Kier molecular flexibility index (Phi) is 13.7. The van der Waals surface area contributed by atoms with Crippen LogP contribution in [0.2, 0.25) is 0 Å². The van der Waals surface area contributed by atoms with Gasteiger partial charge < -0.3 is 5.73 Å². The van der Waals surface area contributed by atoms with E-state index >= 15 is 0 Å². The van der Waals surface area contributed by atoms with E-state index in [-0.39, 0.29) is 0 Å². The monoisotopic (exact) mass is 345 g/mol. The highest BCUT2D eigenvalue weighted by Crippen LogP contribution is 2.23. The molecular formula is C24H43N. The predicted octanol–water partition coefficient (Wildman–Crippen LogP) is 7.28. The molecule has 0 heterocycles. The minimum absolute atomic E-state index is 0.399. The fourth-order valence-corrected chi connectivity index (χ4v) is 3.80. The minimum Gasteiger partial charge on any atom is -0.327 e. The van der Waals surface area contributed by atoms with Crippen molar-refractivity contribution in [2.24, 2.45) is 11.7 Å². The van der Waals surface area contributed by atoms with E-state index < -0.39 is 0 Å².